The van der Waals surface area contributed by atoms with E-state index in [1.807, 2.05) is 6.92 Å². The molecule has 46 heavy (non-hydrogen) atoms. The third kappa shape index (κ3) is 8.62. The van der Waals surface area contributed by atoms with Crippen molar-refractivity contribution in [2.24, 2.45) is 11.8 Å². The van der Waals surface area contributed by atoms with Gasteiger partial charge in [0, 0.05) is 81.1 Å². The predicted octanol–water partition coefficient (Wildman–Crippen LogP) is 4.01. The number of phenolic OH excluding ortho intramolecular Hbond substituents is 2. The number of fused-ring (bicyclic) bond motifs is 2. The van der Waals surface area contributed by atoms with Gasteiger partial charge in [0.05, 0.1) is 12.2 Å². The van der Waals surface area contributed by atoms with Gasteiger partial charge >= 0.3 is 0 Å². The van der Waals surface area contributed by atoms with E-state index in [-0.39, 0.29) is 84.8 Å². The maximum atomic E-state index is 12.2. The van der Waals surface area contributed by atoms with Gasteiger partial charge in [0.1, 0.15) is 17.4 Å². The van der Waals surface area contributed by atoms with Gasteiger partial charge in [-0.25, -0.2) is 0 Å². The molecular formula is C34H39NO10Y. The van der Waals surface area contributed by atoms with Gasteiger partial charge in [-0.2, -0.15) is 0 Å². The Kier molecular flexibility index (Phi) is 13.9. The molecule has 0 aromatic heterocycles. The Morgan fingerprint density at radius 3 is 1.67 bits per heavy atom. The van der Waals surface area contributed by atoms with Gasteiger partial charge in [-0.1, -0.05) is 13.8 Å². The molecule has 11 nitrogen and oxygen atoms in total. The van der Waals surface area contributed by atoms with E-state index in [0.717, 1.165) is 19.4 Å². The first-order valence-corrected chi connectivity index (χ1v) is 15.4. The fourth-order valence-corrected chi connectivity index (χ4v) is 5.77. The summed E-state index contributed by atoms with van der Waals surface area (Å²) in [6.45, 7) is 5.97. The second-order valence-electron chi connectivity index (χ2n) is 11.4. The van der Waals surface area contributed by atoms with Crippen molar-refractivity contribution in [3.63, 3.8) is 0 Å². The van der Waals surface area contributed by atoms with Crippen molar-refractivity contribution in [3.8, 4) is 11.5 Å². The van der Waals surface area contributed by atoms with Gasteiger partial charge in [0.15, 0.2) is 34.8 Å². The van der Waals surface area contributed by atoms with E-state index >= 15 is 0 Å². The Bertz CT molecular complexity index is 1480. The normalized spacial score (nSPS) is 22.6. The van der Waals surface area contributed by atoms with Crippen LogP contribution in [0, 0.1) is 11.8 Å². The number of carbonyl (C=O) groups excluding carboxylic acids is 6. The molecule has 243 valence electrons. The molecule has 4 unspecified atom stereocenters. The number of amides is 1. The summed E-state index contributed by atoms with van der Waals surface area (Å²) in [5.41, 5.74) is 0.694. The van der Waals surface area contributed by atoms with E-state index < -0.39 is 40.9 Å². The summed E-state index contributed by atoms with van der Waals surface area (Å²) in [7, 11) is 0. The molecule has 2 aromatic rings. The Morgan fingerprint density at radius 1 is 0.739 bits per heavy atom. The molecule has 2 fully saturated rings. The molecule has 1 radical (unpaired) electrons. The molecule has 4 atom stereocenters. The summed E-state index contributed by atoms with van der Waals surface area (Å²) in [4.78, 5) is 72.0. The van der Waals surface area contributed by atoms with E-state index in [9.17, 15) is 39.0 Å². The molecule has 3 N–H and O–H groups in total. The van der Waals surface area contributed by atoms with Crippen LogP contribution in [-0.2, 0) is 51.8 Å². The standard InChI is InChI=1S/C15H15NO5.C13H12O4.C6H12O.Y/c17-8-3-4-10-11(6-8)14(19)12(13(10)18)15(20)16-7-9-2-1-5-21-9;1-2-3-10(15)11-12(16)8-5-4-7(14)6-9(8)13(11)17;1-2-6-4-3-5-7-6;/h3-4,6,9,12,17H,1-2,5,7H2,(H,16,20);4-6,11,14H,2-3H2,1H3;6H,2-5H2,1H3;. The summed E-state index contributed by atoms with van der Waals surface area (Å²) in [6.07, 6.45) is 6.95. The minimum atomic E-state index is -1.34. The Labute approximate surface area is 292 Å². The molecule has 2 aromatic carbocycles. The molecule has 0 bridgehead atoms. The largest absolute Gasteiger partial charge is 0.508 e. The monoisotopic (exact) mass is 710 g/mol. The first kappa shape index (κ1) is 37.3. The van der Waals surface area contributed by atoms with Gasteiger partial charge in [0.25, 0.3) is 0 Å². The average molecular weight is 711 g/mol. The van der Waals surface area contributed by atoms with Crippen molar-refractivity contribution in [2.75, 3.05) is 19.8 Å². The number of aromatic hydroxyl groups is 2. The third-order valence-corrected chi connectivity index (χ3v) is 8.20. The van der Waals surface area contributed by atoms with Gasteiger partial charge < -0.3 is 25.0 Å². The summed E-state index contributed by atoms with van der Waals surface area (Å²) in [5.74, 6) is -5.65. The number of ether oxygens (including phenoxy) is 2. The van der Waals surface area contributed by atoms with Crippen molar-refractivity contribution < 1.29 is 81.2 Å². The minimum Gasteiger partial charge on any atom is -0.508 e. The second kappa shape index (κ2) is 17.2. The Balaban J connectivity index is 0.000000206. The number of benzene rings is 2. The molecule has 6 rings (SSSR count). The zero-order valence-corrected chi connectivity index (χ0v) is 28.9. The maximum Gasteiger partial charge on any atom is 0.239 e. The van der Waals surface area contributed by atoms with Crippen LogP contribution < -0.4 is 5.32 Å². The predicted molar refractivity (Wildman–Crippen MR) is 162 cm³/mol. The first-order valence-electron chi connectivity index (χ1n) is 15.4. The maximum absolute atomic E-state index is 12.2. The van der Waals surface area contributed by atoms with Gasteiger partial charge in [0.2, 0.25) is 5.91 Å². The zero-order valence-electron chi connectivity index (χ0n) is 26.1. The van der Waals surface area contributed by atoms with E-state index in [4.69, 9.17) is 9.47 Å². The number of nitrogens with one attached hydrogen (secondary N) is 1. The van der Waals surface area contributed by atoms with E-state index in [0.29, 0.717) is 25.7 Å². The van der Waals surface area contributed by atoms with Crippen LogP contribution in [0.15, 0.2) is 36.4 Å². The molecule has 1 amide bonds. The minimum absolute atomic E-state index is 0. The van der Waals surface area contributed by atoms with Gasteiger partial charge in [-0.05, 0) is 74.9 Å². The van der Waals surface area contributed by atoms with E-state index in [1.165, 1.54) is 55.7 Å². The quantitative estimate of drug-likeness (QED) is 0.357. The number of hydrogen-bond acceptors (Lipinski definition) is 10. The molecule has 0 spiro atoms. The Morgan fingerprint density at radius 2 is 1.22 bits per heavy atom. The number of rotatable bonds is 7. The molecule has 2 aliphatic carbocycles. The smallest absolute Gasteiger partial charge is 0.239 e. The van der Waals surface area contributed by atoms with Crippen molar-refractivity contribution in [1.29, 1.82) is 0 Å². The van der Waals surface area contributed by atoms with Crippen LogP contribution in [0.3, 0.4) is 0 Å². The average Bonchev–Trinajstić information content (AvgIpc) is 3.82. The SMILES string of the molecule is CCC1CCCO1.CCCC(=O)C1C(=O)c2ccc(O)cc2C1=O.O=C(NCC1CCCO1)C1C(=O)c2ccc(O)cc2C1=O.[Y]. The number of Topliss-reactive ketones (excluding diaryl/α,β-unsaturated/α-hetero) is 5. The molecular weight excluding hydrogens is 671 g/mol. The summed E-state index contributed by atoms with van der Waals surface area (Å²) < 4.78 is 10.7. The van der Waals surface area contributed by atoms with E-state index in [2.05, 4.69) is 12.2 Å². The summed E-state index contributed by atoms with van der Waals surface area (Å²) in [6, 6.07) is 7.91. The fourth-order valence-electron chi connectivity index (χ4n) is 5.77. The van der Waals surface area contributed by atoms with Crippen molar-refractivity contribution in [3.05, 3.63) is 58.7 Å². The topological polar surface area (TPSA) is 173 Å². The molecule has 0 saturated carbocycles. The van der Waals surface area contributed by atoms with Crippen LogP contribution in [0.25, 0.3) is 0 Å². The molecule has 2 aliphatic heterocycles. The van der Waals surface area contributed by atoms with E-state index in [1.54, 1.807) is 0 Å². The van der Waals surface area contributed by atoms with Gasteiger partial charge in [-0.3, -0.25) is 28.8 Å². The molecule has 2 saturated heterocycles. The van der Waals surface area contributed by atoms with Crippen molar-refractivity contribution >= 4 is 34.8 Å². The zero-order chi connectivity index (χ0) is 32.7. The number of hydrogen-bond donors (Lipinski definition) is 3. The van der Waals surface area contributed by atoms with Crippen LogP contribution in [0.5, 0.6) is 11.5 Å². The first-order chi connectivity index (χ1) is 21.6. The van der Waals surface area contributed by atoms with Crippen molar-refractivity contribution in [2.45, 2.75) is 71.0 Å². The number of carbonyl (C=O) groups is 6. The molecule has 2 heterocycles. The Hall–Kier alpha value is -3.12. The van der Waals surface area contributed by atoms with Crippen LogP contribution in [0.2, 0.25) is 0 Å². The van der Waals surface area contributed by atoms with Crippen molar-refractivity contribution in [1.82, 2.24) is 5.32 Å². The van der Waals surface area contributed by atoms with Gasteiger partial charge in [-0.15, -0.1) is 0 Å². The van der Waals surface area contributed by atoms with Crippen LogP contribution in [0.1, 0.15) is 100 Å². The summed E-state index contributed by atoms with van der Waals surface area (Å²) >= 11 is 0. The number of phenols is 2. The fraction of sp³-hybridized carbons (Fsp3) is 0.471. The molecule has 12 heteroatoms. The number of ketones is 5. The van der Waals surface area contributed by atoms with Crippen LogP contribution in [0.4, 0.5) is 0 Å². The van der Waals surface area contributed by atoms with Crippen LogP contribution >= 0.6 is 0 Å². The van der Waals surface area contributed by atoms with Crippen LogP contribution in [-0.4, -0.2) is 77.0 Å². The molecule has 4 aliphatic rings. The second-order valence-corrected chi connectivity index (χ2v) is 11.4. The third-order valence-electron chi connectivity index (χ3n) is 8.20. The summed E-state index contributed by atoms with van der Waals surface area (Å²) in [5, 5.41) is 21.3.